The van der Waals surface area contributed by atoms with Gasteiger partial charge in [-0.2, -0.15) is 9.62 Å². The predicted octanol–water partition coefficient (Wildman–Crippen LogP) is 4.59. The Kier molecular flexibility index (Phi) is 4.88. The number of hydrazone groups is 1. The first-order valence-corrected chi connectivity index (χ1v) is 11.5. The van der Waals surface area contributed by atoms with Gasteiger partial charge < -0.3 is 4.42 Å². The first-order chi connectivity index (χ1) is 16.3. The fourth-order valence-corrected chi connectivity index (χ4v) is 4.73. The highest BCUT2D eigenvalue weighted by atomic mass is 32.2. The van der Waals surface area contributed by atoms with Crippen LogP contribution in [-0.2, 0) is 4.79 Å². The molecule has 9 heteroatoms. The highest BCUT2D eigenvalue weighted by molar-refractivity contribution is 7.99. The average Bonchev–Trinajstić information content (AvgIpc) is 3.63. The number of hydrogen-bond acceptors (Lipinski definition) is 7. The van der Waals surface area contributed by atoms with E-state index in [9.17, 15) is 4.79 Å². The van der Waals surface area contributed by atoms with E-state index < -0.39 is 0 Å². The van der Waals surface area contributed by atoms with E-state index in [1.54, 1.807) is 28.1 Å². The largest absolute Gasteiger partial charge is 0.461 e. The van der Waals surface area contributed by atoms with Gasteiger partial charge in [0.1, 0.15) is 0 Å². The second kappa shape index (κ2) is 8.18. The number of amides is 1. The Bertz CT molecular complexity index is 1480. The molecule has 1 aliphatic heterocycles. The second-order valence-electron chi connectivity index (χ2n) is 7.55. The molecule has 1 aliphatic rings. The zero-order valence-electron chi connectivity index (χ0n) is 17.4. The molecule has 0 N–H and O–H groups in total. The number of carbonyl (C=O) groups excluding carboxylic acids is 1. The van der Waals surface area contributed by atoms with Crippen LogP contribution >= 0.6 is 11.8 Å². The number of carbonyl (C=O) groups is 1. The molecule has 0 unspecified atom stereocenters. The van der Waals surface area contributed by atoms with Crippen LogP contribution in [0.2, 0.25) is 0 Å². The highest BCUT2D eigenvalue weighted by Gasteiger charge is 2.28. The van der Waals surface area contributed by atoms with E-state index in [1.165, 1.54) is 11.8 Å². The van der Waals surface area contributed by atoms with Crippen molar-refractivity contribution in [3.63, 3.8) is 0 Å². The molecule has 6 rings (SSSR count). The summed E-state index contributed by atoms with van der Waals surface area (Å²) in [7, 11) is 0. The van der Waals surface area contributed by atoms with Gasteiger partial charge in [-0.1, -0.05) is 54.2 Å². The molecular formula is C24H18N6O2S. The van der Waals surface area contributed by atoms with Crippen LogP contribution in [0.5, 0.6) is 0 Å². The molecule has 5 aromatic rings. The lowest BCUT2D eigenvalue weighted by atomic mass is 10.0. The van der Waals surface area contributed by atoms with Crippen molar-refractivity contribution in [1.82, 2.24) is 24.6 Å². The molecule has 4 heterocycles. The van der Waals surface area contributed by atoms with Gasteiger partial charge in [0.2, 0.25) is 5.82 Å². The fraction of sp³-hybridized carbons (Fsp3) is 0.125. The van der Waals surface area contributed by atoms with Crippen molar-refractivity contribution in [3.8, 4) is 11.6 Å². The Morgan fingerprint density at radius 3 is 2.73 bits per heavy atom. The zero-order chi connectivity index (χ0) is 22.2. The maximum absolute atomic E-state index is 13.1. The number of nitrogens with zero attached hydrogens (tertiary/aromatic N) is 6. The van der Waals surface area contributed by atoms with Crippen LogP contribution in [0.25, 0.3) is 28.1 Å². The van der Waals surface area contributed by atoms with E-state index in [0.29, 0.717) is 28.8 Å². The van der Waals surface area contributed by atoms with Gasteiger partial charge in [0.25, 0.3) is 5.91 Å². The van der Waals surface area contributed by atoms with Gasteiger partial charge >= 0.3 is 0 Å². The number of rotatable bonds is 5. The van der Waals surface area contributed by atoms with Crippen LogP contribution in [-0.4, -0.2) is 42.5 Å². The fourth-order valence-electron chi connectivity index (χ4n) is 3.93. The molecule has 0 saturated heterocycles. The van der Waals surface area contributed by atoms with E-state index >= 15 is 0 Å². The van der Waals surface area contributed by atoms with E-state index in [2.05, 4.69) is 15.2 Å². The van der Waals surface area contributed by atoms with Crippen LogP contribution in [0.3, 0.4) is 0 Å². The van der Waals surface area contributed by atoms with Crippen molar-refractivity contribution in [2.75, 3.05) is 5.75 Å². The van der Waals surface area contributed by atoms with Gasteiger partial charge in [0, 0.05) is 18.0 Å². The van der Waals surface area contributed by atoms with Crippen molar-refractivity contribution in [2.45, 2.75) is 17.6 Å². The molecule has 0 aliphatic carbocycles. The van der Waals surface area contributed by atoms with Gasteiger partial charge in [0.05, 0.1) is 23.6 Å². The van der Waals surface area contributed by atoms with E-state index in [-0.39, 0.29) is 17.7 Å². The van der Waals surface area contributed by atoms with Crippen molar-refractivity contribution in [1.29, 1.82) is 0 Å². The summed E-state index contributed by atoms with van der Waals surface area (Å²) in [5.74, 6) is 1.14. The normalized spacial score (nSPS) is 15.6. The smallest absolute Gasteiger partial charge is 0.253 e. The first-order valence-electron chi connectivity index (χ1n) is 10.5. The summed E-state index contributed by atoms with van der Waals surface area (Å²) < 4.78 is 7.16. The van der Waals surface area contributed by atoms with E-state index in [4.69, 9.17) is 9.40 Å². The third-order valence-corrected chi connectivity index (χ3v) is 6.40. The first kappa shape index (κ1) is 19.7. The van der Waals surface area contributed by atoms with Crippen molar-refractivity contribution >= 4 is 40.4 Å². The Balaban J connectivity index is 1.32. The van der Waals surface area contributed by atoms with E-state index in [1.807, 2.05) is 60.7 Å². The zero-order valence-corrected chi connectivity index (χ0v) is 18.2. The van der Waals surface area contributed by atoms with Gasteiger partial charge in [-0.25, -0.2) is 15.0 Å². The molecule has 162 valence electrons. The Morgan fingerprint density at radius 1 is 1.03 bits per heavy atom. The van der Waals surface area contributed by atoms with Crippen LogP contribution in [0.15, 0.2) is 87.7 Å². The summed E-state index contributed by atoms with van der Waals surface area (Å²) in [6.45, 7) is 0. The molecule has 0 fully saturated rings. The summed E-state index contributed by atoms with van der Waals surface area (Å²) in [5.41, 5.74) is 2.53. The number of para-hydroxylation sites is 1. The lowest BCUT2D eigenvalue weighted by molar-refractivity contribution is -0.130. The van der Waals surface area contributed by atoms with Gasteiger partial charge in [-0.3, -0.25) is 4.79 Å². The molecule has 33 heavy (non-hydrogen) atoms. The van der Waals surface area contributed by atoms with Crippen LogP contribution in [0.1, 0.15) is 18.0 Å². The number of hydrogen-bond donors (Lipinski definition) is 0. The number of thioether (sulfide) groups is 1. The Hall–Kier alpha value is -3.98. The van der Waals surface area contributed by atoms with Crippen LogP contribution < -0.4 is 0 Å². The number of fused-ring (bicyclic) bond motifs is 3. The lowest BCUT2D eigenvalue weighted by Gasteiger charge is -2.22. The van der Waals surface area contributed by atoms with Gasteiger partial charge in [0.15, 0.2) is 16.6 Å². The van der Waals surface area contributed by atoms with Crippen LogP contribution in [0, 0.1) is 0 Å². The highest BCUT2D eigenvalue weighted by Crippen LogP contribution is 2.30. The van der Waals surface area contributed by atoms with Gasteiger partial charge in [-0.15, -0.1) is 5.10 Å². The van der Waals surface area contributed by atoms with E-state index in [0.717, 1.165) is 16.5 Å². The van der Waals surface area contributed by atoms with Crippen molar-refractivity contribution in [2.24, 2.45) is 5.10 Å². The summed E-state index contributed by atoms with van der Waals surface area (Å²) in [6.07, 6.45) is 4.08. The Morgan fingerprint density at radius 2 is 1.88 bits per heavy atom. The number of furan rings is 1. The lowest BCUT2D eigenvalue weighted by Crippen LogP contribution is -2.28. The molecule has 1 atom stereocenters. The quantitative estimate of drug-likeness (QED) is 0.285. The molecular weight excluding hydrogens is 436 g/mol. The van der Waals surface area contributed by atoms with Crippen molar-refractivity contribution < 1.29 is 9.21 Å². The molecule has 1 amide bonds. The minimum atomic E-state index is -0.0860. The SMILES string of the molecule is O=C(CSc1nc2ccccc2c2nc(-c3ccco3)nn12)N1N=CC[C@H]1c1ccccc1. The van der Waals surface area contributed by atoms with Crippen LogP contribution in [0.4, 0.5) is 0 Å². The molecule has 0 bridgehead atoms. The minimum absolute atomic E-state index is 0.0826. The molecule has 0 radical (unpaired) electrons. The molecule has 8 nitrogen and oxygen atoms in total. The third-order valence-electron chi connectivity index (χ3n) is 5.49. The monoisotopic (exact) mass is 454 g/mol. The maximum atomic E-state index is 13.1. The second-order valence-corrected chi connectivity index (χ2v) is 8.49. The molecule has 3 aromatic heterocycles. The third kappa shape index (κ3) is 3.56. The summed E-state index contributed by atoms with van der Waals surface area (Å²) >= 11 is 1.32. The molecule has 2 aromatic carbocycles. The maximum Gasteiger partial charge on any atom is 0.253 e. The number of aromatic nitrogens is 4. The topological polar surface area (TPSA) is 88.9 Å². The summed E-state index contributed by atoms with van der Waals surface area (Å²) in [5, 5.41) is 12.0. The molecule has 0 spiro atoms. The van der Waals surface area contributed by atoms with Gasteiger partial charge in [-0.05, 0) is 29.8 Å². The molecule has 0 saturated carbocycles. The summed E-state index contributed by atoms with van der Waals surface area (Å²) in [4.78, 5) is 22.5. The minimum Gasteiger partial charge on any atom is -0.461 e. The standard InChI is InChI=1S/C24H18N6O2S/c31-21(29-19(12-13-25-29)16-7-2-1-3-8-16)15-33-24-26-18-10-5-4-9-17(18)23-27-22(28-30(23)24)20-11-6-14-32-20/h1-11,13-14,19H,12,15H2/t19-/m0/s1. The predicted molar refractivity (Wildman–Crippen MR) is 126 cm³/mol. The Labute approximate surface area is 192 Å². The average molecular weight is 455 g/mol. The van der Waals surface area contributed by atoms with Crippen molar-refractivity contribution in [3.05, 3.63) is 78.6 Å². The number of benzene rings is 2. The summed E-state index contributed by atoms with van der Waals surface area (Å²) in [6, 6.07) is 21.2.